The van der Waals surface area contributed by atoms with Gasteiger partial charge in [0.05, 0.1) is 4.92 Å². The minimum atomic E-state index is -5.77. The molecule has 0 unspecified atom stereocenters. The lowest BCUT2D eigenvalue weighted by atomic mass is 9.70. The third-order valence-electron chi connectivity index (χ3n) is 5.36. The fourth-order valence-electron chi connectivity index (χ4n) is 3.60. The standard InChI is InChI=1S/C20H22F3NO5S/c1-5-19(6-2,15-7-9-17(24(25)26)13(3)11-15)16-8-10-18(14(4)12-16)29-30(27,28)20(21,22)23/h7-12H,5-6H2,1-4H3. The van der Waals surface area contributed by atoms with Crippen LogP contribution in [-0.4, -0.2) is 18.8 Å². The van der Waals surface area contributed by atoms with Crippen molar-refractivity contribution in [3.05, 3.63) is 68.8 Å². The van der Waals surface area contributed by atoms with Crippen molar-refractivity contribution >= 4 is 15.8 Å². The topological polar surface area (TPSA) is 86.5 Å². The second-order valence-corrected chi connectivity index (χ2v) is 8.55. The average Bonchev–Trinajstić information content (AvgIpc) is 2.64. The Hall–Kier alpha value is -2.62. The highest BCUT2D eigenvalue weighted by molar-refractivity contribution is 7.88. The Morgan fingerprint density at radius 1 is 0.967 bits per heavy atom. The molecule has 0 spiro atoms. The second kappa shape index (κ2) is 8.25. The first-order chi connectivity index (χ1) is 13.8. The maximum atomic E-state index is 12.6. The number of alkyl halides is 3. The number of benzene rings is 2. The van der Waals surface area contributed by atoms with Gasteiger partial charge in [-0.05, 0) is 55.5 Å². The summed E-state index contributed by atoms with van der Waals surface area (Å²) >= 11 is 0. The zero-order valence-electron chi connectivity index (χ0n) is 16.9. The lowest BCUT2D eigenvalue weighted by Gasteiger charge is -2.34. The number of rotatable bonds is 7. The molecule has 2 rings (SSSR count). The Labute approximate surface area is 173 Å². The molecule has 2 aromatic rings. The summed E-state index contributed by atoms with van der Waals surface area (Å²) in [5, 5.41) is 11.1. The van der Waals surface area contributed by atoms with Crippen molar-refractivity contribution in [2.75, 3.05) is 0 Å². The fourth-order valence-corrected chi connectivity index (χ4v) is 4.12. The van der Waals surface area contributed by atoms with E-state index in [1.807, 2.05) is 13.8 Å². The third-order valence-corrected chi connectivity index (χ3v) is 6.33. The molecule has 2 aromatic carbocycles. The van der Waals surface area contributed by atoms with E-state index in [2.05, 4.69) is 4.18 Å². The van der Waals surface area contributed by atoms with Gasteiger partial charge in [-0.3, -0.25) is 10.1 Å². The van der Waals surface area contributed by atoms with E-state index in [1.165, 1.54) is 25.1 Å². The van der Waals surface area contributed by atoms with Crippen molar-refractivity contribution in [2.24, 2.45) is 0 Å². The van der Waals surface area contributed by atoms with Crippen LogP contribution in [0.25, 0.3) is 0 Å². The summed E-state index contributed by atoms with van der Waals surface area (Å²) in [5.74, 6) is -0.405. The highest BCUT2D eigenvalue weighted by atomic mass is 32.2. The van der Waals surface area contributed by atoms with E-state index in [1.54, 1.807) is 25.1 Å². The quantitative estimate of drug-likeness (QED) is 0.241. The molecule has 0 aliphatic heterocycles. The summed E-state index contributed by atoms with van der Waals surface area (Å²) in [7, 11) is -5.77. The summed E-state index contributed by atoms with van der Waals surface area (Å²) < 4.78 is 64.7. The smallest absolute Gasteiger partial charge is 0.376 e. The molecule has 0 aromatic heterocycles. The maximum absolute atomic E-state index is 12.6. The Morgan fingerprint density at radius 2 is 1.47 bits per heavy atom. The molecule has 30 heavy (non-hydrogen) atoms. The molecule has 0 saturated heterocycles. The Balaban J connectivity index is 2.55. The van der Waals surface area contributed by atoms with Gasteiger partial charge >= 0.3 is 15.6 Å². The van der Waals surface area contributed by atoms with Crippen molar-refractivity contribution in [1.82, 2.24) is 0 Å². The normalized spacial score (nSPS) is 12.6. The first-order valence-electron chi connectivity index (χ1n) is 9.16. The van der Waals surface area contributed by atoms with Gasteiger partial charge in [0.15, 0.2) is 0 Å². The first-order valence-corrected chi connectivity index (χ1v) is 10.6. The number of nitro benzene ring substituents is 1. The van der Waals surface area contributed by atoms with Crippen LogP contribution in [0.15, 0.2) is 36.4 Å². The van der Waals surface area contributed by atoms with E-state index in [0.717, 1.165) is 11.1 Å². The fraction of sp³-hybridized carbons (Fsp3) is 0.400. The number of nitro groups is 1. The number of nitrogens with zero attached hydrogens (tertiary/aromatic N) is 1. The molecule has 0 heterocycles. The molecule has 6 nitrogen and oxygen atoms in total. The Kier molecular flexibility index (Phi) is 6.51. The van der Waals surface area contributed by atoms with Crippen molar-refractivity contribution in [1.29, 1.82) is 0 Å². The predicted molar refractivity (Wildman–Crippen MR) is 106 cm³/mol. The van der Waals surface area contributed by atoms with E-state index in [-0.39, 0.29) is 11.3 Å². The summed E-state index contributed by atoms with van der Waals surface area (Å²) in [6.45, 7) is 6.98. The largest absolute Gasteiger partial charge is 0.534 e. The van der Waals surface area contributed by atoms with Gasteiger partial charge in [0.1, 0.15) is 5.75 Å². The molecule has 0 fully saturated rings. The summed E-state index contributed by atoms with van der Waals surface area (Å²) in [6.07, 6.45) is 1.22. The molecular formula is C20H22F3NO5S. The van der Waals surface area contributed by atoms with Crippen LogP contribution in [-0.2, 0) is 15.5 Å². The zero-order chi connectivity index (χ0) is 22.9. The zero-order valence-corrected chi connectivity index (χ0v) is 17.7. The monoisotopic (exact) mass is 445 g/mol. The molecule has 0 amide bonds. The summed E-state index contributed by atoms with van der Waals surface area (Å²) in [6, 6.07) is 9.16. The van der Waals surface area contributed by atoms with Gasteiger partial charge < -0.3 is 4.18 Å². The summed E-state index contributed by atoms with van der Waals surface area (Å²) in [4.78, 5) is 10.7. The number of hydrogen-bond donors (Lipinski definition) is 0. The van der Waals surface area contributed by atoms with E-state index < -0.39 is 31.7 Å². The first kappa shape index (κ1) is 23.7. The molecule has 10 heteroatoms. The molecule has 0 saturated carbocycles. The van der Waals surface area contributed by atoms with E-state index in [9.17, 15) is 31.7 Å². The van der Waals surface area contributed by atoms with Gasteiger partial charge in [0.2, 0.25) is 0 Å². The molecule has 164 valence electrons. The van der Waals surface area contributed by atoms with Crippen molar-refractivity contribution in [2.45, 2.75) is 51.5 Å². The average molecular weight is 445 g/mol. The molecule has 0 aliphatic rings. The highest BCUT2D eigenvalue weighted by Crippen LogP contribution is 2.42. The summed E-state index contributed by atoms with van der Waals surface area (Å²) in [5.41, 5.74) is -3.79. The molecule has 0 aliphatic carbocycles. The van der Waals surface area contributed by atoms with Crippen molar-refractivity contribution in [3.63, 3.8) is 0 Å². The van der Waals surface area contributed by atoms with E-state index in [0.29, 0.717) is 18.4 Å². The van der Waals surface area contributed by atoms with E-state index in [4.69, 9.17) is 0 Å². The molecule has 0 radical (unpaired) electrons. The lowest BCUT2D eigenvalue weighted by molar-refractivity contribution is -0.385. The Bertz CT molecular complexity index is 1060. The van der Waals surface area contributed by atoms with Gasteiger partial charge in [0.25, 0.3) is 5.69 Å². The van der Waals surface area contributed by atoms with Crippen LogP contribution in [0.3, 0.4) is 0 Å². The molecular weight excluding hydrogens is 423 g/mol. The van der Waals surface area contributed by atoms with Crippen LogP contribution in [0.5, 0.6) is 5.75 Å². The van der Waals surface area contributed by atoms with Gasteiger partial charge in [-0.25, -0.2) is 0 Å². The van der Waals surface area contributed by atoms with Crippen molar-refractivity contribution < 1.29 is 30.7 Å². The van der Waals surface area contributed by atoms with Gasteiger partial charge in [-0.2, -0.15) is 21.6 Å². The van der Waals surface area contributed by atoms with Gasteiger partial charge in [0, 0.05) is 17.0 Å². The van der Waals surface area contributed by atoms with Crippen LogP contribution in [0.4, 0.5) is 18.9 Å². The number of halogens is 3. The molecule has 0 bridgehead atoms. The maximum Gasteiger partial charge on any atom is 0.534 e. The SMILES string of the molecule is CCC(CC)(c1ccc(OS(=O)(=O)C(F)(F)F)c(C)c1)c1ccc([N+](=O)[O-])c(C)c1. The highest BCUT2D eigenvalue weighted by Gasteiger charge is 2.48. The van der Waals surface area contributed by atoms with Crippen LogP contribution in [0, 0.1) is 24.0 Å². The molecule has 0 N–H and O–H groups in total. The Morgan fingerprint density at radius 3 is 1.87 bits per heavy atom. The lowest BCUT2D eigenvalue weighted by Crippen LogP contribution is -2.29. The van der Waals surface area contributed by atoms with Gasteiger partial charge in [-0.15, -0.1) is 0 Å². The van der Waals surface area contributed by atoms with Crippen LogP contribution < -0.4 is 4.18 Å². The van der Waals surface area contributed by atoms with Crippen LogP contribution in [0.2, 0.25) is 0 Å². The van der Waals surface area contributed by atoms with Crippen LogP contribution in [0.1, 0.15) is 48.9 Å². The minimum Gasteiger partial charge on any atom is -0.376 e. The van der Waals surface area contributed by atoms with Gasteiger partial charge in [-0.1, -0.05) is 32.0 Å². The predicted octanol–water partition coefficient (Wildman–Crippen LogP) is 5.55. The molecule has 0 atom stereocenters. The number of aryl methyl sites for hydroxylation is 2. The second-order valence-electron chi connectivity index (χ2n) is 7.01. The van der Waals surface area contributed by atoms with E-state index >= 15 is 0 Å². The minimum absolute atomic E-state index is 0.00265. The number of hydrogen-bond acceptors (Lipinski definition) is 5. The third kappa shape index (κ3) is 4.28. The van der Waals surface area contributed by atoms with Crippen LogP contribution >= 0.6 is 0 Å². The van der Waals surface area contributed by atoms with Crippen molar-refractivity contribution in [3.8, 4) is 5.75 Å².